The van der Waals surface area contributed by atoms with Gasteiger partial charge in [-0.3, -0.25) is 0 Å². The third-order valence-corrected chi connectivity index (χ3v) is 3.55. The van der Waals surface area contributed by atoms with Gasteiger partial charge in [-0.2, -0.15) is 0 Å². The zero-order chi connectivity index (χ0) is 16.5. The van der Waals surface area contributed by atoms with E-state index in [2.05, 4.69) is 86.9 Å². The normalized spacial score (nSPS) is 7.50. The van der Waals surface area contributed by atoms with E-state index in [1.807, 2.05) is 40.1 Å². The molecule has 0 aliphatic carbocycles. The van der Waals surface area contributed by atoms with Crippen molar-refractivity contribution in [3.63, 3.8) is 0 Å². The Kier molecular flexibility index (Phi) is 153. The Bertz CT molecular complexity index is 279. The molecule has 0 fully saturated rings. The summed E-state index contributed by atoms with van der Waals surface area (Å²) in [6.45, 7) is 0. The van der Waals surface area contributed by atoms with Crippen LogP contribution in [-0.2, 0) is 52.4 Å². The van der Waals surface area contributed by atoms with Crippen molar-refractivity contribution in [1.82, 2.24) is 0 Å². The van der Waals surface area contributed by atoms with Crippen LogP contribution in [0.4, 0.5) is 0 Å². The second-order valence-corrected chi connectivity index (χ2v) is 7.35. The standard InChI is InChI=1S/4C3H2As.2ClH.4Sb.2Zr/c4*1-2-3-4;;;;;;;;/h4*1-2H;2*1H;;;;;;/q4*-1;;;;;;;2*+2/p-2. The fraction of sp³-hybridized carbons (Fsp3) is 0. The molecular weight excluding hydrogens is 1180 g/mol. The molecular formula is C12H8As4Cl2Sb4Zr2-2. The molecule has 0 aromatic carbocycles. The smallest absolute Gasteiger partial charge is 1.00 e. The molecule has 0 heterocycles. The minimum atomic E-state index is 0. The number of halogens is 2. The van der Waals surface area contributed by atoms with Crippen LogP contribution in [0.1, 0.15) is 0 Å². The predicted octanol–water partition coefficient (Wildman–Crippen LogP) is -8.23. The summed E-state index contributed by atoms with van der Waals surface area (Å²) < 4.78 is 7.92. The molecule has 120 valence electrons. The van der Waals surface area contributed by atoms with E-state index in [1.165, 1.54) is 0 Å². The molecule has 0 saturated carbocycles. The van der Waals surface area contributed by atoms with Gasteiger partial charge in [0.2, 0.25) is 0 Å². The summed E-state index contributed by atoms with van der Waals surface area (Å²) in [5.41, 5.74) is 0. The van der Waals surface area contributed by atoms with Crippen molar-refractivity contribution in [2.75, 3.05) is 0 Å². The molecule has 0 unspecified atom stereocenters. The quantitative estimate of drug-likeness (QED) is 0.194. The summed E-state index contributed by atoms with van der Waals surface area (Å²) in [5, 5.41) is 0. The zero-order valence-electron chi connectivity index (χ0n) is 12.0. The molecule has 0 saturated heterocycles. The largest absolute Gasteiger partial charge is 2.00 e. The van der Waals surface area contributed by atoms with Gasteiger partial charge in [0.15, 0.2) is 0 Å². The Morgan fingerprint density at radius 1 is 0.458 bits per heavy atom. The molecule has 0 atom stereocenters. The van der Waals surface area contributed by atoms with Crippen molar-refractivity contribution in [2.24, 2.45) is 0 Å². The first-order valence-corrected chi connectivity index (χ1v) is 14.1. The Balaban J connectivity index is -0.0000000225. The molecule has 0 aromatic rings. The van der Waals surface area contributed by atoms with Crippen molar-refractivity contribution in [1.29, 1.82) is 0 Å². The van der Waals surface area contributed by atoms with Gasteiger partial charge in [0.05, 0.1) is 0 Å². The minimum absolute atomic E-state index is 0. The molecule has 24 heavy (non-hydrogen) atoms. The van der Waals surface area contributed by atoms with Crippen molar-refractivity contribution in [3.05, 3.63) is 43.8 Å². The van der Waals surface area contributed by atoms with Crippen LogP contribution >= 0.6 is 0 Å². The van der Waals surface area contributed by atoms with E-state index in [1.54, 1.807) is 90.2 Å². The first-order valence-electron chi connectivity index (χ1n) is 4.42. The Labute approximate surface area is 287 Å². The fourth-order valence-electron chi connectivity index (χ4n) is 0.133. The Morgan fingerprint density at radius 2 is 0.583 bits per heavy atom. The molecule has 0 aliphatic heterocycles. The summed E-state index contributed by atoms with van der Waals surface area (Å²) in [6.07, 6.45) is 7.48. The van der Waals surface area contributed by atoms with E-state index in [0.717, 1.165) is 0 Å². The van der Waals surface area contributed by atoms with Gasteiger partial charge in [-0.15, -0.1) is 0 Å². The monoisotopic (exact) mass is 1190 g/mol. The van der Waals surface area contributed by atoms with Gasteiger partial charge in [-0.1, -0.05) is 0 Å². The predicted molar refractivity (Wildman–Crippen MR) is 102 cm³/mol. The number of hydrogen-bond acceptors (Lipinski definition) is 0. The van der Waals surface area contributed by atoms with E-state index in [0.29, 0.717) is 0 Å². The number of rotatable bonds is 4. The fourth-order valence-corrected chi connectivity index (χ4v) is 4.65. The maximum absolute atomic E-state index is 2.79. The SMILES string of the molecule is [As][C-]=C[CH]=[Sb].[As][C-]=C[CH]=[Sb].[As][C-]=C[CH]=[Sb].[As][C-]=C[CH]=[Sb].[Cl-].[Cl-].[Zr+2].[Zr+2]. The van der Waals surface area contributed by atoms with Crippen LogP contribution < -0.4 is 24.8 Å². The molecule has 0 aromatic heterocycles. The molecule has 12 heteroatoms. The van der Waals surface area contributed by atoms with Gasteiger partial charge in [0.25, 0.3) is 0 Å². The third-order valence-electron chi connectivity index (χ3n) is 0.596. The van der Waals surface area contributed by atoms with E-state index >= 15 is 0 Å². The van der Waals surface area contributed by atoms with Crippen molar-refractivity contribution >= 4 is 173 Å². The first kappa shape index (κ1) is 52.3. The van der Waals surface area contributed by atoms with Crippen LogP contribution in [0.2, 0.25) is 0 Å². The number of allylic oxidation sites excluding steroid dienone is 4. The average molecular weight is 1190 g/mol. The van der Waals surface area contributed by atoms with Crippen LogP contribution in [0.5, 0.6) is 0 Å². The van der Waals surface area contributed by atoms with E-state index in [4.69, 9.17) is 0 Å². The van der Waals surface area contributed by atoms with Gasteiger partial charge in [-0.05, 0) is 0 Å². The molecule has 0 rings (SSSR count). The van der Waals surface area contributed by atoms with Crippen LogP contribution in [0, 0.1) is 19.5 Å². The van der Waals surface area contributed by atoms with Crippen molar-refractivity contribution in [3.8, 4) is 0 Å². The van der Waals surface area contributed by atoms with Gasteiger partial charge in [0, 0.05) is 0 Å². The summed E-state index contributed by atoms with van der Waals surface area (Å²) in [7, 11) is 0. The van der Waals surface area contributed by atoms with Crippen molar-refractivity contribution in [2.45, 2.75) is 0 Å². The topological polar surface area (TPSA) is 0 Å². The van der Waals surface area contributed by atoms with Gasteiger partial charge in [-0.25, -0.2) is 0 Å². The summed E-state index contributed by atoms with van der Waals surface area (Å²) in [4.78, 5) is 11.1. The second kappa shape index (κ2) is 70.1. The molecule has 0 nitrogen and oxygen atoms in total. The molecule has 0 aliphatic rings. The third kappa shape index (κ3) is 103. The van der Waals surface area contributed by atoms with Crippen molar-refractivity contribution < 1.29 is 77.2 Å². The minimum Gasteiger partial charge on any atom is -1.00 e. The van der Waals surface area contributed by atoms with Crippen LogP contribution in [0.3, 0.4) is 0 Å². The van der Waals surface area contributed by atoms with E-state index in [9.17, 15) is 0 Å². The molecule has 0 spiro atoms. The Hall–Kier alpha value is 6.29. The zero-order valence-corrected chi connectivity index (χ0v) is 36.1. The molecule has 12 radical (unpaired) electrons. The maximum Gasteiger partial charge on any atom is 2.00 e. The van der Waals surface area contributed by atoms with Gasteiger partial charge < -0.3 is 24.8 Å². The summed E-state index contributed by atoms with van der Waals surface area (Å²) in [5.74, 6) is 0. The Morgan fingerprint density at radius 3 is 0.583 bits per heavy atom. The number of hydrogen-bond donors (Lipinski definition) is 0. The van der Waals surface area contributed by atoms with Crippen LogP contribution in [0.25, 0.3) is 0 Å². The van der Waals surface area contributed by atoms with Gasteiger partial charge >= 0.3 is 270 Å². The molecule has 0 N–H and O–H groups in total. The summed E-state index contributed by atoms with van der Waals surface area (Å²) in [6, 6.07) is 0. The van der Waals surface area contributed by atoms with E-state index < -0.39 is 0 Å². The first-order chi connectivity index (χ1) is 9.66. The molecule has 0 bridgehead atoms. The summed E-state index contributed by atoms with van der Waals surface area (Å²) >= 11 is 15.7. The van der Waals surface area contributed by atoms with Crippen LogP contribution in [-0.4, -0.2) is 173 Å². The van der Waals surface area contributed by atoms with E-state index in [-0.39, 0.29) is 77.2 Å². The van der Waals surface area contributed by atoms with Crippen LogP contribution in [0.15, 0.2) is 24.3 Å². The van der Waals surface area contributed by atoms with Gasteiger partial charge in [0.1, 0.15) is 0 Å². The maximum atomic E-state index is 2.79. The second-order valence-electron chi connectivity index (χ2n) is 1.78. The molecule has 0 amide bonds. The average Bonchev–Trinajstić information content (AvgIpc) is 2.44.